The second-order valence-corrected chi connectivity index (χ2v) is 7.20. The van der Waals surface area contributed by atoms with E-state index in [1.807, 2.05) is 11.9 Å². The highest BCUT2D eigenvalue weighted by atomic mass is 16.5. The Hall–Kier alpha value is -2.08. The van der Waals surface area contributed by atoms with Gasteiger partial charge in [0.1, 0.15) is 0 Å². The third-order valence-corrected chi connectivity index (χ3v) is 5.19. The number of nitrogens with one attached hydrogen (secondary N) is 1. The summed E-state index contributed by atoms with van der Waals surface area (Å²) in [5, 5.41) is 3.47. The molecule has 6 heteroatoms. The lowest BCUT2D eigenvalue weighted by Gasteiger charge is -2.22. The zero-order valence-corrected chi connectivity index (χ0v) is 15.9. The summed E-state index contributed by atoms with van der Waals surface area (Å²) in [5.41, 5.74) is 2.40. The topological polar surface area (TPSA) is 57.2 Å². The van der Waals surface area contributed by atoms with Crippen LogP contribution in [0.1, 0.15) is 30.4 Å². The van der Waals surface area contributed by atoms with Crippen molar-refractivity contribution in [3.63, 3.8) is 0 Å². The van der Waals surface area contributed by atoms with Gasteiger partial charge in [0.25, 0.3) is 0 Å². The first-order valence-electron chi connectivity index (χ1n) is 9.49. The average Bonchev–Trinajstić information content (AvgIpc) is 3.26. The fourth-order valence-corrected chi connectivity index (χ4v) is 3.84. The van der Waals surface area contributed by atoms with Gasteiger partial charge in [-0.05, 0) is 24.0 Å². The molecule has 0 aliphatic carbocycles. The van der Waals surface area contributed by atoms with E-state index in [1.54, 1.807) is 7.11 Å². The summed E-state index contributed by atoms with van der Waals surface area (Å²) >= 11 is 0. The van der Waals surface area contributed by atoms with Crippen molar-refractivity contribution in [3.05, 3.63) is 35.4 Å². The predicted octanol–water partition coefficient (Wildman–Crippen LogP) is 1.85. The lowest BCUT2D eigenvalue weighted by Crippen LogP contribution is -2.39. The van der Waals surface area contributed by atoms with Gasteiger partial charge in [-0.3, -0.25) is 9.79 Å². The van der Waals surface area contributed by atoms with Gasteiger partial charge in [0.15, 0.2) is 5.96 Å². The lowest BCUT2D eigenvalue weighted by atomic mass is 10.1. The van der Waals surface area contributed by atoms with Crippen LogP contribution in [0.3, 0.4) is 0 Å². The van der Waals surface area contributed by atoms with E-state index >= 15 is 0 Å². The van der Waals surface area contributed by atoms with Gasteiger partial charge >= 0.3 is 0 Å². The predicted molar refractivity (Wildman–Crippen MR) is 103 cm³/mol. The maximum atomic E-state index is 11.8. The number of rotatable bonds is 6. The van der Waals surface area contributed by atoms with Crippen molar-refractivity contribution < 1.29 is 9.53 Å². The third-order valence-electron chi connectivity index (χ3n) is 5.19. The van der Waals surface area contributed by atoms with E-state index in [9.17, 15) is 4.79 Å². The highest BCUT2D eigenvalue weighted by molar-refractivity contribution is 5.80. The number of methoxy groups -OCH3 is 1. The minimum absolute atomic E-state index is 0.272. The summed E-state index contributed by atoms with van der Waals surface area (Å²) in [6.45, 7) is 5.15. The van der Waals surface area contributed by atoms with Crippen LogP contribution >= 0.6 is 0 Å². The van der Waals surface area contributed by atoms with Gasteiger partial charge in [0, 0.05) is 59.2 Å². The Kier molecular flexibility index (Phi) is 6.50. The fourth-order valence-electron chi connectivity index (χ4n) is 3.84. The molecule has 1 atom stereocenters. The molecule has 2 heterocycles. The maximum Gasteiger partial charge on any atom is 0.222 e. The molecule has 26 heavy (non-hydrogen) atoms. The number of likely N-dealkylation sites (tertiary alicyclic amines) is 2. The highest BCUT2D eigenvalue weighted by Crippen LogP contribution is 2.17. The van der Waals surface area contributed by atoms with Crippen molar-refractivity contribution >= 4 is 11.9 Å². The number of carbonyl (C=O) groups excluding carboxylic acids is 1. The second-order valence-electron chi connectivity index (χ2n) is 7.20. The van der Waals surface area contributed by atoms with Crippen molar-refractivity contribution in [3.8, 4) is 0 Å². The molecule has 0 saturated carbocycles. The molecule has 3 rings (SSSR count). The molecule has 0 spiro atoms. The molecule has 2 aliphatic heterocycles. The molecule has 2 fully saturated rings. The Bertz CT molecular complexity index is 646. The number of aliphatic imine (C=N–C) groups is 1. The summed E-state index contributed by atoms with van der Waals surface area (Å²) in [7, 11) is 3.60. The molecule has 0 radical (unpaired) electrons. The average molecular weight is 358 g/mol. The minimum Gasteiger partial charge on any atom is -0.384 e. The summed E-state index contributed by atoms with van der Waals surface area (Å²) in [6, 6.07) is 8.47. The third kappa shape index (κ3) is 4.75. The molecule has 1 aromatic carbocycles. The van der Waals surface area contributed by atoms with Gasteiger partial charge in [-0.25, -0.2) is 0 Å². The van der Waals surface area contributed by atoms with Crippen LogP contribution in [0, 0.1) is 5.92 Å². The molecule has 1 amide bonds. The Balaban J connectivity index is 1.53. The quantitative estimate of drug-likeness (QED) is 0.623. The van der Waals surface area contributed by atoms with Crippen LogP contribution in [0.15, 0.2) is 29.3 Å². The lowest BCUT2D eigenvalue weighted by molar-refractivity contribution is -0.128. The number of hydrogen-bond acceptors (Lipinski definition) is 3. The second kappa shape index (κ2) is 9.03. The van der Waals surface area contributed by atoms with Gasteiger partial charge in [-0.15, -0.1) is 0 Å². The zero-order chi connectivity index (χ0) is 18.4. The van der Waals surface area contributed by atoms with E-state index in [2.05, 4.69) is 39.5 Å². The first kappa shape index (κ1) is 18.7. The maximum absolute atomic E-state index is 11.8. The van der Waals surface area contributed by atoms with Crippen LogP contribution in [0.25, 0.3) is 0 Å². The fraction of sp³-hybridized carbons (Fsp3) is 0.600. The Morgan fingerprint density at radius 3 is 2.92 bits per heavy atom. The van der Waals surface area contributed by atoms with Crippen LogP contribution in [0.4, 0.5) is 0 Å². The molecular formula is C20H30N4O2. The molecule has 0 bridgehead atoms. The standard InChI is InChI=1S/C20H30N4O2/c1-21-20(24-10-8-18(14-24)15-26-2)22-12-16-5-3-6-17(11-16)13-23-9-4-7-19(23)25/h3,5-6,11,18H,4,7-10,12-15H2,1-2H3,(H,21,22). The van der Waals surface area contributed by atoms with E-state index < -0.39 is 0 Å². The molecule has 6 nitrogen and oxygen atoms in total. The highest BCUT2D eigenvalue weighted by Gasteiger charge is 2.24. The number of carbonyl (C=O) groups is 1. The number of nitrogens with zero attached hydrogens (tertiary/aromatic N) is 3. The number of amides is 1. The largest absolute Gasteiger partial charge is 0.384 e. The summed E-state index contributed by atoms with van der Waals surface area (Å²) < 4.78 is 5.28. The van der Waals surface area contributed by atoms with Crippen LogP contribution in [0.5, 0.6) is 0 Å². The summed E-state index contributed by atoms with van der Waals surface area (Å²) in [5.74, 6) is 1.80. The van der Waals surface area contributed by atoms with E-state index in [-0.39, 0.29) is 5.91 Å². The van der Waals surface area contributed by atoms with Gasteiger partial charge < -0.3 is 19.9 Å². The van der Waals surface area contributed by atoms with E-state index in [0.29, 0.717) is 18.9 Å². The number of hydrogen-bond donors (Lipinski definition) is 1. The molecule has 142 valence electrons. The molecule has 1 N–H and O–H groups in total. The number of ether oxygens (including phenoxy) is 1. The first-order valence-corrected chi connectivity index (χ1v) is 9.49. The van der Waals surface area contributed by atoms with Gasteiger partial charge in [-0.2, -0.15) is 0 Å². The van der Waals surface area contributed by atoms with Crippen molar-refractivity contribution in [1.29, 1.82) is 0 Å². The summed E-state index contributed by atoms with van der Waals surface area (Å²) in [6.07, 6.45) is 2.82. The Labute approximate surface area is 156 Å². The normalized spacial score (nSPS) is 20.9. The molecule has 1 aromatic rings. The first-order chi connectivity index (χ1) is 12.7. The SMILES string of the molecule is CN=C(NCc1cccc(CN2CCCC2=O)c1)N1CCC(COC)C1. The van der Waals surface area contributed by atoms with Crippen LogP contribution in [-0.2, 0) is 22.6 Å². The number of benzene rings is 1. The van der Waals surface area contributed by atoms with Gasteiger partial charge in [0.2, 0.25) is 5.91 Å². The van der Waals surface area contributed by atoms with Gasteiger partial charge in [-0.1, -0.05) is 24.3 Å². The van der Waals surface area contributed by atoms with E-state index in [4.69, 9.17) is 4.74 Å². The van der Waals surface area contributed by atoms with Crippen LogP contribution in [-0.4, -0.2) is 62.1 Å². The molecule has 2 saturated heterocycles. The Morgan fingerprint density at radius 1 is 1.35 bits per heavy atom. The van der Waals surface area contributed by atoms with E-state index in [1.165, 1.54) is 11.1 Å². The van der Waals surface area contributed by atoms with Crippen LogP contribution < -0.4 is 5.32 Å². The molecular weight excluding hydrogens is 328 g/mol. The monoisotopic (exact) mass is 358 g/mol. The van der Waals surface area contributed by atoms with Crippen molar-refractivity contribution in [2.45, 2.75) is 32.4 Å². The molecule has 1 unspecified atom stereocenters. The van der Waals surface area contributed by atoms with Crippen molar-refractivity contribution in [2.75, 3.05) is 40.4 Å². The Morgan fingerprint density at radius 2 is 2.19 bits per heavy atom. The smallest absolute Gasteiger partial charge is 0.222 e. The van der Waals surface area contributed by atoms with Gasteiger partial charge in [0.05, 0.1) is 6.61 Å². The van der Waals surface area contributed by atoms with E-state index in [0.717, 1.165) is 51.6 Å². The summed E-state index contributed by atoms with van der Waals surface area (Å²) in [4.78, 5) is 20.5. The van der Waals surface area contributed by atoms with Crippen molar-refractivity contribution in [2.24, 2.45) is 10.9 Å². The zero-order valence-electron chi connectivity index (χ0n) is 15.9. The molecule has 2 aliphatic rings. The van der Waals surface area contributed by atoms with Crippen molar-refractivity contribution in [1.82, 2.24) is 15.1 Å². The minimum atomic E-state index is 0.272. The number of guanidine groups is 1. The van der Waals surface area contributed by atoms with Crippen LogP contribution in [0.2, 0.25) is 0 Å². The molecule has 0 aromatic heterocycles.